The lowest BCUT2D eigenvalue weighted by Gasteiger charge is -2.17. The normalized spacial score (nSPS) is 11.8. The van der Waals surface area contributed by atoms with Crippen LogP contribution in [0.4, 0.5) is 8.78 Å². The van der Waals surface area contributed by atoms with E-state index in [1.807, 2.05) is 0 Å². The van der Waals surface area contributed by atoms with Crippen LogP contribution in [0.3, 0.4) is 0 Å². The molecule has 1 nitrogen and oxygen atoms in total. The summed E-state index contributed by atoms with van der Waals surface area (Å²) in [4.78, 5) is 0. The molecule has 0 aliphatic rings. The van der Waals surface area contributed by atoms with Gasteiger partial charge in [0, 0.05) is 12.5 Å². The minimum absolute atomic E-state index is 0.0538. The van der Waals surface area contributed by atoms with E-state index in [9.17, 15) is 8.78 Å². The van der Waals surface area contributed by atoms with Gasteiger partial charge in [-0.2, -0.15) is 0 Å². The fraction of sp³-hybridized carbons (Fsp3) is 0.455. The molecule has 1 aromatic carbocycles. The van der Waals surface area contributed by atoms with Crippen molar-refractivity contribution in [2.24, 2.45) is 0 Å². The van der Waals surface area contributed by atoms with E-state index in [0.29, 0.717) is 18.5 Å². The summed E-state index contributed by atoms with van der Waals surface area (Å²) in [6.07, 6.45) is 0.551. The Labute approximate surface area is 93.4 Å². The van der Waals surface area contributed by atoms with Crippen LogP contribution in [-0.2, 0) is 12.3 Å². The topological polar surface area (TPSA) is 12.0 Å². The van der Waals surface area contributed by atoms with Crippen LogP contribution in [-0.4, -0.2) is 13.6 Å². The number of benzene rings is 1. The van der Waals surface area contributed by atoms with Gasteiger partial charge in [0.05, 0.1) is 5.02 Å². The Kier molecular flexibility index (Phi) is 4.05. The van der Waals surface area contributed by atoms with Crippen molar-refractivity contribution in [2.45, 2.75) is 19.3 Å². The van der Waals surface area contributed by atoms with Crippen LogP contribution in [0, 0.1) is 0 Å². The Morgan fingerprint density at radius 1 is 1.40 bits per heavy atom. The minimum Gasteiger partial charge on any atom is -0.319 e. The Hall–Kier alpha value is -0.670. The van der Waals surface area contributed by atoms with E-state index in [0.717, 1.165) is 6.92 Å². The second-order valence-corrected chi connectivity index (χ2v) is 3.92. The summed E-state index contributed by atoms with van der Waals surface area (Å²) in [7, 11) is 1.79. The minimum atomic E-state index is -2.89. The Balaban J connectivity index is 3.09. The van der Waals surface area contributed by atoms with Crippen LogP contribution in [0.5, 0.6) is 0 Å². The predicted octanol–water partition coefficient (Wildman–Crippen LogP) is 3.21. The Morgan fingerprint density at radius 2 is 2.07 bits per heavy atom. The van der Waals surface area contributed by atoms with Gasteiger partial charge in [0.15, 0.2) is 0 Å². The third-order valence-corrected chi connectivity index (χ3v) is 2.50. The zero-order valence-corrected chi connectivity index (χ0v) is 9.54. The van der Waals surface area contributed by atoms with Gasteiger partial charge in [0.1, 0.15) is 0 Å². The van der Waals surface area contributed by atoms with Crippen LogP contribution in [0.25, 0.3) is 0 Å². The van der Waals surface area contributed by atoms with Crippen LogP contribution < -0.4 is 5.32 Å². The number of rotatable bonds is 4. The molecule has 0 aliphatic carbocycles. The summed E-state index contributed by atoms with van der Waals surface area (Å²) in [6.45, 7) is 1.53. The number of halogens is 3. The monoisotopic (exact) mass is 233 g/mol. The number of hydrogen-bond acceptors (Lipinski definition) is 1. The third-order valence-electron chi connectivity index (χ3n) is 2.18. The summed E-state index contributed by atoms with van der Waals surface area (Å²) in [6, 6.07) is 4.88. The summed E-state index contributed by atoms with van der Waals surface area (Å²) >= 11 is 5.79. The number of hydrogen-bond donors (Lipinski definition) is 1. The molecule has 0 saturated heterocycles. The molecular weight excluding hydrogens is 220 g/mol. The quantitative estimate of drug-likeness (QED) is 0.842. The lowest BCUT2D eigenvalue weighted by molar-refractivity contribution is 0.0167. The fourth-order valence-electron chi connectivity index (χ4n) is 1.53. The summed E-state index contributed by atoms with van der Waals surface area (Å²) in [5.41, 5.74) is 0.547. The van der Waals surface area contributed by atoms with E-state index in [2.05, 4.69) is 5.32 Å². The average molecular weight is 234 g/mol. The van der Waals surface area contributed by atoms with E-state index in [1.54, 1.807) is 19.2 Å². The first-order chi connectivity index (χ1) is 6.96. The number of alkyl halides is 2. The number of nitrogens with one attached hydrogen (secondary N) is 1. The maximum Gasteiger partial charge on any atom is 0.272 e. The van der Waals surface area contributed by atoms with Crippen molar-refractivity contribution in [3.8, 4) is 0 Å². The Bertz CT molecular complexity index is 334. The summed E-state index contributed by atoms with van der Waals surface area (Å²) in [5, 5.41) is 3.06. The van der Waals surface area contributed by atoms with E-state index in [1.165, 1.54) is 6.07 Å². The van der Waals surface area contributed by atoms with Crippen molar-refractivity contribution in [1.82, 2.24) is 5.32 Å². The highest BCUT2D eigenvalue weighted by Crippen LogP contribution is 2.35. The van der Waals surface area contributed by atoms with Gasteiger partial charge in [-0.3, -0.25) is 0 Å². The van der Waals surface area contributed by atoms with Crippen molar-refractivity contribution in [1.29, 1.82) is 0 Å². The molecule has 15 heavy (non-hydrogen) atoms. The smallest absolute Gasteiger partial charge is 0.272 e. The van der Waals surface area contributed by atoms with Gasteiger partial charge in [0.25, 0.3) is 5.92 Å². The van der Waals surface area contributed by atoms with Crippen molar-refractivity contribution in [3.05, 3.63) is 34.3 Å². The maximum atomic E-state index is 13.3. The highest BCUT2D eigenvalue weighted by Gasteiger charge is 2.29. The molecule has 0 fully saturated rings. The molecule has 0 heterocycles. The average Bonchev–Trinajstić information content (AvgIpc) is 2.12. The van der Waals surface area contributed by atoms with Gasteiger partial charge in [-0.15, -0.1) is 0 Å². The van der Waals surface area contributed by atoms with Crippen molar-refractivity contribution >= 4 is 11.6 Å². The molecule has 0 radical (unpaired) electrons. The standard InChI is InChI=1S/C11H14ClF2N/c1-11(13,14)10-8(6-7-15-2)4-3-5-9(10)12/h3-5,15H,6-7H2,1-2H3. The number of likely N-dealkylation sites (N-methyl/N-ethyl adjacent to an activating group) is 1. The van der Waals surface area contributed by atoms with Crippen LogP contribution in [0.15, 0.2) is 18.2 Å². The molecule has 1 N–H and O–H groups in total. The Morgan fingerprint density at radius 3 is 2.60 bits per heavy atom. The molecule has 0 unspecified atom stereocenters. The van der Waals surface area contributed by atoms with Crippen molar-refractivity contribution in [2.75, 3.05) is 13.6 Å². The maximum absolute atomic E-state index is 13.3. The first-order valence-corrected chi connectivity index (χ1v) is 5.15. The van der Waals surface area contributed by atoms with Crippen molar-refractivity contribution in [3.63, 3.8) is 0 Å². The molecule has 1 rings (SSSR count). The molecule has 0 amide bonds. The molecule has 0 aliphatic heterocycles. The zero-order valence-electron chi connectivity index (χ0n) is 8.78. The van der Waals surface area contributed by atoms with E-state index in [-0.39, 0.29) is 10.6 Å². The molecule has 84 valence electrons. The van der Waals surface area contributed by atoms with Gasteiger partial charge in [-0.1, -0.05) is 23.7 Å². The SMILES string of the molecule is CNCCc1cccc(Cl)c1C(C)(F)F. The van der Waals surface area contributed by atoms with Gasteiger partial charge in [-0.05, 0) is 31.6 Å². The predicted molar refractivity (Wildman–Crippen MR) is 58.7 cm³/mol. The van der Waals surface area contributed by atoms with Gasteiger partial charge < -0.3 is 5.32 Å². The molecule has 1 aromatic rings. The first kappa shape index (κ1) is 12.4. The second kappa shape index (κ2) is 4.90. The van der Waals surface area contributed by atoms with Crippen molar-refractivity contribution < 1.29 is 8.78 Å². The molecule has 0 aromatic heterocycles. The summed E-state index contributed by atoms with van der Waals surface area (Å²) < 4.78 is 26.6. The molecule has 0 atom stereocenters. The zero-order chi connectivity index (χ0) is 11.5. The van der Waals surface area contributed by atoms with Gasteiger partial charge >= 0.3 is 0 Å². The van der Waals surface area contributed by atoms with Gasteiger partial charge in [-0.25, -0.2) is 8.78 Å². The largest absolute Gasteiger partial charge is 0.319 e. The van der Waals surface area contributed by atoms with Gasteiger partial charge in [0.2, 0.25) is 0 Å². The molecule has 0 saturated carbocycles. The molecule has 0 spiro atoms. The highest BCUT2D eigenvalue weighted by molar-refractivity contribution is 6.31. The van der Waals surface area contributed by atoms with Crippen LogP contribution >= 0.6 is 11.6 Å². The van der Waals surface area contributed by atoms with Crippen LogP contribution in [0.1, 0.15) is 18.1 Å². The molecule has 4 heteroatoms. The summed E-state index contributed by atoms with van der Waals surface area (Å²) in [5.74, 6) is -2.89. The van der Waals surface area contributed by atoms with Crippen LogP contribution in [0.2, 0.25) is 5.02 Å². The second-order valence-electron chi connectivity index (χ2n) is 3.52. The lowest BCUT2D eigenvalue weighted by atomic mass is 10.00. The molecular formula is C11H14ClF2N. The first-order valence-electron chi connectivity index (χ1n) is 4.77. The third kappa shape index (κ3) is 3.14. The van der Waals surface area contributed by atoms with E-state index >= 15 is 0 Å². The van der Waals surface area contributed by atoms with E-state index < -0.39 is 5.92 Å². The van der Waals surface area contributed by atoms with E-state index in [4.69, 9.17) is 11.6 Å². The molecule has 0 bridgehead atoms. The lowest BCUT2D eigenvalue weighted by Crippen LogP contribution is -2.16. The fourth-order valence-corrected chi connectivity index (χ4v) is 1.89. The highest BCUT2D eigenvalue weighted by atomic mass is 35.5.